The lowest BCUT2D eigenvalue weighted by Crippen LogP contribution is -2.32. The van der Waals surface area contributed by atoms with E-state index < -0.39 is 0 Å². The minimum atomic E-state index is 0.0253. The van der Waals surface area contributed by atoms with Gasteiger partial charge < -0.3 is 19.1 Å². The molecule has 0 atom stereocenters. The first-order valence-electron chi connectivity index (χ1n) is 9.49. The number of hydrogen-bond donors (Lipinski definition) is 0. The van der Waals surface area contributed by atoms with Crippen LogP contribution in [-0.2, 0) is 6.54 Å². The Balaban J connectivity index is 1.81. The zero-order chi connectivity index (χ0) is 19.2. The molecule has 1 fully saturated rings. The molecule has 0 aromatic heterocycles. The molecule has 5 nitrogen and oxygen atoms in total. The molecule has 2 aromatic rings. The van der Waals surface area contributed by atoms with Crippen LogP contribution in [0.2, 0.25) is 0 Å². The Morgan fingerprint density at radius 1 is 1.00 bits per heavy atom. The normalized spacial score (nSPS) is 13.1. The molecule has 0 radical (unpaired) electrons. The van der Waals surface area contributed by atoms with Gasteiger partial charge in [0.25, 0.3) is 5.91 Å². The highest BCUT2D eigenvalue weighted by Crippen LogP contribution is 2.33. The predicted octanol–water partition coefficient (Wildman–Crippen LogP) is 4.30. The Morgan fingerprint density at radius 2 is 1.67 bits per heavy atom. The van der Waals surface area contributed by atoms with Crippen LogP contribution in [0.1, 0.15) is 42.6 Å². The van der Waals surface area contributed by atoms with Crippen molar-refractivity contribution < 1.29 is 19.0 Å². The van der Waals surface area contributed by atoms with Crippen molar-refractivity contribution in [3.8, 4) is 17.2 Å². The molecule has 0 N–H and O–H groups in total. The highest BCUT2D eigenvalue weighted by atomic mass is 16.5. The van der Waals surface area contributed by atoms with Gasteiger partial charge in [-0.05, 0) is 62.6 Å². The van der Waals surface area contributed by atoms with Crippen LogP contribution >= 0.6 is 0 Å². The SMILES string of the molecule is CCOc1ccc(C(=O)N(Cc2ccc(OC)cc2)C2CC2)cc1OCC. The number of hydrogen-bond acceptors (Lipinski definition) is 4. The molecule has 27 heavy (non-hydrogen) atoms. The zero-order valence-corrected chi connectivity index (χ0v) is 16.2. The van der Waals surface area contributed by atoms with Crippen molar-refractivity contribution in [3.05, 3.63) is 53.6 Å². The Morgan fingerprint density at radius 3 is 2.26 bits per heavy atom. The summed E-state index contributed by atoms with van der Waals surface area (Å²) in [5.41, 5.74) is 1.72. The largest absolute Gasteiger partial charge is 0.497 e. The second-order valence-electron chi connectivity index (χ2n) is 6.54. The lowest BCUT2D eigenvalue weighted by Gasteiger charge is -2.23. The van der Waals surface area contributed by atoms with Gasteiger partial charge in [-0.1, -0.05) is 12.1 Å². The first kappa shape index (κ1) is 19.1. The van der Waals surface area contributed by atoms with Crippen LogP contribution < -0.4 is 14.2 Å². The van der Waals surface area contributed by atoms with Gasteiger partial charge in [0.2, 0.25) is 0 Å². The maximum absolute atomic E-state index is 13.2. The second-order valence-corrected chi connectivity index (χ2v) is 6.54. The molecule has 0 saturated heterocycles. The average molecular weight is 369 g/mol. The molecule has 3 rings (SSSR count). The van der Waals surface area contributed by atoms with Gasteiger partial charge in [0, 0.05) is 18.2 Å². The Bertz CT molecular complexity index is 768. The standard InChI is InChI=1S/C22H27NO4/c1-4-26-20-13-8-17(14-21(20)27-5-2)22(24)23(18-9-10-18)15-16-6-11-19(25-3)12-7-16/h6-8,11-14,18H,4-5,9-10,15H2,1-3H3. The number of carbonyl (C=O) groups is 1. The van der Waals surface area contributed by atoms with Crippen LogP contribution in [0.25, 0.3) is 0 Å². The molecule has 0 bridgehead atoms. The van der Waals surface area contributed by atoms with Crippen LogP contribution in [0, 0.1) is 0 Å². The maximum atomic E-state index is 13.2. The molecule has 144 valence electrons. The third-order valence-corrected chi connectivity index (χ3v) is 4.55. The molecule has 0 heterocycles. The summed E-state index contributed by atoms with van der Waals surface area (Å²) in [5, 5.41) is 0. The summed E-state index contributed by atoms with van der Waals surface area (Å²) in [6.07, 6.45) is 2.11. The van der Waals surface area contributed by atoms with Crippen molar-refractivity contribution in [2.45, 2.75) is 39.3 Å². The van der Waals surface area contributed by atoms with E-state index in [9.17, 15) is 4.79 Å². The van der Waals surface area contributed by atoms with Gasteiger partial charge in [-0.15, -0.1) is 0 Å². The smallest absolute Gasteiger partial charge is 0.254 e. The summed E-state index contributed by atoms with van der Waals surface area (Å²) >= 11 is 0. The van der Waals surface area contributed by atoms with Crippen molar-refractivity contribution in [2.24, 2.45) is 0 Å². The molecule has 5 heteroatoms. The molecule has 1 saturated carbocycles. The highest BCUT2D eigenvalue weighted by Gasteiger charge is 2.33. The van der Waals surface area contributed by atoms with Crippen molar-refractivity contribution in [1.82, 2.24) is 4.90 Å². The summed E-state index contributed by atoms with van der Waals surface area (Å²) in [6, 6.07) is 13.6. The van der Waals surface area contributed by atoms with Crippen LogP contribution in [-0.4, -0.2) is 37.2 Å². The molecule has 0 unspecified atom stereocenters. The van der Waals surface area contributed by atoms with E-state index in [0.29, 0.717) is 42.9 Å². The lowest BCUT2D eigenvalue weighted by atomic mass is 10.1. The fourth-order valence-electron chi connectivity index (χ4n) is 3.03. The van der Waals surface area contributed by atoms with Gasteiger partial charge >= 0.3 is 0 Å². The van der Waals surface area contributed by atoms with Crippen molar-refractivity contribution in [1.29, 1.82) is 0 Å². The van der Waals surface area contributed by atoms with E-state index in [2.05, 4.69) is 0 Å². The molecule has 1 aliphatic carbocycles. The number of benzene rings is 2. The van der Waals surface area contributed by atoms with Crippen molar-refractivity contribution in [2.75, 3.05) is 20.3 Å². The fraction of sp³-hybridized carbons (Fsp3) is 0.409. The average Bonchev–Trinajstić information content (AvgIpc) is 3.53. The topological polar surface area (TPSA) is 48.0 Å². The minimum Gasteiger partial charge on any atom is -0.497 e. The first-order chi connectivity index (χ1) is 13.2. The molecular formula is C22H27NO4. The quantitative estimate of drug-likeness (QED) is 0.661. The number of ether oxygens (including phenoxy) is 3. The van der Waals surface area contributed by atoms with E-state index in [0.717, 1.165) is 24.2 Å². The summed E-state index contributed by atoms with van der Waals surface area (Å²) < 4.78 is 16.5. The first-order valence-corrected chi connectivity index (χ1v) is 9.49. The number of methoxy groups -OCH3 is 1. The summed E-state index contributed by atoms with van der Waals surface area (Å²) in [6.45, 7) is 5.52. The summed E-state index contributed by atoms with van der Waals surface area (Å²) in [4.78, 5) is 15.1. The van der Waals surface area contributed by atoms with E-state index in [1.54, 1.807) is 13.2 Å². The highest BCUT2D eigenvalue weighted by molar-refractivity contribution is 5.95. The zero-order valence-electron chi connectivity index (χ0n) is 16.2. The van der Waals surface area contributed by atoms with Crippen LogP contribution in [0.15, 0.2) is 42.5 Å². The van der Waals surface area contributed by atoms with E-state index in [-0.39, 0.29) is 5.91 Å². The summed E-state index contributed by atoms with van der Waals surface area (Å²) in [7, 11) is 1.65. The van der Waals surface area contributed by atoms with Crippen molar-refractivity contribution in [3.63, 3.8) is 0 Å². The molecule has 1 aliphatic rings. The lowest BCUT2D eigenvalue weighted by molar-refractivity contribution is 0.0729. The summed E-state index contributed by atoms with van der Waals surface area (Å²) in [5.74, 6) is 2.13. The number of carbonyl (C=O) groups excluding carboxylic acids is 1. The monoisotopic (exact) mass is 369 g/mol. The van der Waals surface area contributed by atoms with Crippen LogP contribution in [0.4, 0.5) is 0 Å². The molecule has 0 spiro atoms. The second kappa shape index (κ2) is 8.80. The van der Waals surface area contributed by atoms with E-state index >= 15 is 0 Å². The van der Waals surface area contributed by atoms with Gasteiger partial charge in [0.1, 0.15) is 5.75 Å². The van der Waals surface area contributed by atoms with E-state index in [1.165, 1.54) is 0 Å². The molecule has 1 amide bonds. The van der Waals surface area contributed by atoms with Crippen LogP contribution in [0.3, 0.4) is 0 Å². The van der Waals surface area contributed by atoms with Gasteiger partial charge in [-0.25, -0.2) is 0 Å². The van der Waals surface area contributed by atoms with Crippen molar-refractivity contribution >= 4 is 5.91 Å². The Kier molecular flexibility index (Phi) is 6.22. The third kappa shape index (κ3) is 4.73. The maximum Gasteiger partial charge on any atom is 0.254 e. The third-order valence-electron chi connectivity index (χ3n) is 4.55. The van der Waals surface area contributed by atoms with Crippen LogP contribution in [0.5, 0.6) is 17.2 Å². The Hall–Kier alpha value is -2.69. The Labute approximate surface area is 160 Å². The van der Waals surface area contributed by atoms with Gasteiger partial charge in [-0.2, -0.15) is 0 Å². The molecular weight excluding hydrogens is 342 g/mol. The predicted molar refractivity (Wildman–Crippen MR) is 105 cm³/mol. The van der Waals surface area contributed by atoms with E-state index in [1.807, 2.05) is 55.1 Å². The number of nitrogens with zero attached hydrogens (tertiary/aromatic N) is 1. The molecule has 0 aliphatic heterocycles. The van der Waals surface area contributed by atoms with E-state index in [4.69, 9.17) is 14.2 Å². The van der Waals surface area contributed by atoms with Gasteiger partial charge in [-0.3, -0.25) is 4.79 Å². The van der Waals surface area contributed by atoms with Gasteiger partial charge in [0.05, 0.1) is 20.3 Å². The molecule has 2 aromatic carbocycles. The van der Waals surface area contributed by atoms with Gasteiger partial charge in [0.15, 0.2) is 11.5 Å². The minimum absolute atomic E-state index is 0.0253. The number of rotatable bonds is 9. The number of amides is 1. The fourth-order valence-corrected chi connectivity index (χ4v) is 3.03.